The van der Waals surface area contributed by atoms with E-state index >= 15 is 0 Å². The van der Waals surface area contributed by atoms with Gasteiger partial charge in [0.1, 0.15) is 5.76 Å². The zero-order valence-electron chi connectivity index (χ0n) is 10.5. The summed E-state index contributed by atoms with van der Waals surface area (Å²) in [7, 11) is 0. The number of hydrogen-bond donors (Lipinski definition) is 0. The van der Waals surface area contributed by atoms with Crippen molar-refractivity contribution in [3.05, 3.63) is 54.2 Å². The minimum Gasteiger partial charge on any atom is -0.468 e. The topological polar surface area (TPSA) is 29.3 Å². The third kappa shape index (κ3) is 2.46. The van der Waals surface area contributed by atoms with E-state index in [1.54, 1.807) is 6.26 Å². The van der Waals surface area contributed by atoms with Gasteiger partial charge in [0.25, 0.3) is 0 Å². The Labute approximate surface area is 107 Å². The summed E-state index contributed by atoms with van der Waals surface area (Å²) in [6.07, 6.45) is 9.37. The average Bonchev–Trinajstić information content (AvgIpc) is 2.93. The second-order valence-electron chi connectivity index (χ2n) is 4.85. The fourth-order valence-corrected chi connectivity index (χ4v) is 2.73. The average molecular weight is 242 g/mol. The molecule has 0 saturated carbocycles. The fourth-order valence-electron chi connectivity index (χ4n) is 2.73. The van der Waals surface area contributed by atoms with E-state index in [1.807, 2.05) is 24.5 Å². The number of rotatable bonds is 3. The minimum absolute atomic E-state index is 0.484. The molecule has 3 rings (SSSR count). The zero-order chi connectivity index (χ0) is 12.2. The van der Waals surface area contributed by atoms with Crippen LogP contribution in [0.15, 0.2) is 47.3 Å². The van der Waals surface area contributed by atoms with Crippen LogP contribution in [-0.4, -0.2) is 16.4 Å². The van der Waals surface area contributed by atoms with Gasteiger partial charge in [-0.05, 0) is 43.1 Å². The van der Waals surface area contributed by atoms with Crippen molar-refractivity contribution in [1.82, 2.24) is 9.88 Å². The fraction of sp³-hybridized carbons (Fsp3) is 0.400. The Bertz CT molecular complexity index is 467. The van der Waals surface area contributed by atoms with Crippen molar-refractivity contribution in [2.75, 3.05) is 6.54 Å². The van der Waals surface area contributed by atoms with Crippen LogP contribution in [0.4, 0.5) is 0 Å². The molecule has 1 saturated heterocycles. The van der Waals surface area contributed by atoms with Crippen LogP contribution in [0.2, 0.25) is 0 Å². The van der Waals surface area contributed by atoms with E-state index in [0.717, 1.165) is 18.8 Å². The van der Waals surface area contributed by atoms with Crippen molar-refractivity contribution < 1.29 is 4.42 Å². The summed E-state index contributed by atoms with van der Waals surface area (Å²) in [5.74, 6) is 1.05. The molecule has 0 unspecified atom stereocenters. The molecule has 0 bridgehead atoms. The summed E-state index contributed by atoms with van der Waals surface area (Å²) in [5, 5.41) is 0. The Morgan fingerprint density at radius 2 is 2.28 bits per heavy atom. The molecule has 94 valence electrons. The van der Waals surface area contributed by atoms with E-state index in [9.17, 15) is 0 Å². The van der Waals surface area contributed by atoms with Gasteiger partial charge in [-0.3, -0.25) is 9.88 Å². The summed E-state index contributed by atoms with van der Waals surface area (Å²) >= 11 is 0. The molecular formula is C15H18N2O. The minimum atomic E-state index is 0.484. The summed E-state index contributed by atoms with van der Waals surface area (Å²) in [6.45, 7) is 2.03. The van der Waals surface area contributed by atoms with Crippen LogP contribution < -0.4 is 0 Å². The molecule has 2 aromatic rings. The highest BCUT2D eigenvalue weighted by Gasteiger charge is 2.24. The smallest absolute Gasteiger partial charge is 0.117 e. The van der Waals surface area contributed by atoms with Crippen molar-refractivity contribution in [2.24, 2.45) is 0 Å². The lowest BCUT2D eigenvalue weighted by Crippen LogP contribution is -2.32. The highest BCUT2D eigenvalue weighted by molar-refractivity contribution is 5.15. The standard InChI is InChI=1S/C15H18N2O/c1-2-9-17(12-14-6-4-10-18-14)15(7-1)13-5-3-8-16-11-13/h3-6,8,10-11,15H,1-2,7,9,12H2/t15-/m0/s1. The number of likely N-dealkylation sites (tertiary alicyclic amines) is 1. The molecule has 2 aromatic heterocycles. The molecule has 0 radical (unpaired) electrons. The molecule has 1 atom stereocenters. The Kier molecular flexibility index (Phi) is 3.42. The number of pyridine rings is 1. The number of aromatic nitrogens is 1. The normalized spacial score (nSPS) is 21.0. The lowest BCUT2D eigenvalue weighted by molar-refractivity contribution is 0.130. The molecule has 3 nitrogen and oxygen atoms in total. The number of nitrogens with zero attached hydrogens (tertiary/aromatic N) is 2. The van der Waals surface area contributed by atoms with Crippen molar-refractivity contribution in [1.29, 1.82) is 0 Å². The van der Waals surface area contributed by atoms with Gasteiger partial charge in [0, 0.05) is 18.4 Å². The first-order chi connectivity index (χ1) is 8.93. The van der Waals surface area contributed by atoms with E-state index in [4.69, 9.17) is 4.42 Å². The Hall–Kier alpha value is -1.61. The second kappa shape index (κ2) is 5.36. The van der Waals surface area contributed by atoms with Crippen LogP contribution in [-0.2, 0) is 6.54 Å². The van der Waals surface area contributed by atoms with E-state index in [1.165, 1.54) is 24.8 Å². The van der Waals surface area contributed by atoms with Crippen molar-refractivity contribution in [3.63, 3.8) is 0 Å². The van der Waals surface area contributed by atoms with Gasteiger partial charge >= 0.3 is 0 Å². The van der Waals surface area contributed by atoms with Gasteiger partial charge in [0.15, 0.2) is 0 Å². The number of piperidine rings is 1. The summed E-state index contributed by atoms with van der Waals surface area (Å²) < 4.78 is 5.46. The Morgan fingerprint density at radius 3 is 3.06 bits per heavy atom. The Morgan fingerprint density at radius 1 is 1.28 bits per heavy atom. The zero-order valence-corrected chi connectivity index (χ0v) is 10.5. The van der Waals surface area contributed by atoms with E-state index in [0.29, 0.717) is 6.04 Å². The molecule has 3 heterocycles. The maximum absolute atomic E-state index is 5.46. The SMILES string of the molecule is c1cncc([C@@H]2CCCCN2Cc2ccco2)c1. The molecule has 3 heteroatoms. The maximum Gasteiger partial charge on any atom is 0.117 e. The monoisotopic (exact) mass is 242 g/mol. The largest absolute Gasteiger partial charge is 0.468 e. The molecule has 1 aliphatic rings. The van der Waals surface area contributed by atoms with Gasteiger partial charge in [0.05, 0.1) is 12.8 Å². The molecule has 1 aliphatic heterocycles. The summed E-state index contributed by atoms with van der Waals surface area (Å²) in [6, 6.07) is 8.69. The molecule has 0 N–H and O–H groups in total. The molecule has 0 aromatic carbocycles. The third-order valence-electron chi connectivity index (χ3n) is 3.62. The van der Waals surface area contributed by atoms with E-state index < -0.39 is 0 Å². The van der Waals surface area contributed by atoms with Crippen molar-refractivity contribution in [2.45, 2.75) is 31.8 Å². The van der Waals surface area contributed by atoms with Crippen molar-refractivity contribution in [3.8, 4) is 0 Å². The quantitative estimate of drug-likeness (QED) is 0.826. The molecule has 0 aliphatic carbocycles. The summed E-state index contributed by atoms with van der Waals surface area (Å²) in [4.78, 5) is 6.74. The van der Waals surface area contributed by atoms with Crippen LogP contribution >= 0.6 is 0 Å². The van der Waals surface area contributed by atoms with E-state index in [-0.39, 0.29) is 0 Å². The maximum atomic E-state index is 5.46. The van der Waals surface area contributed by atoms with Gasteiger partial charge in [-0.15, -0.1) is 0 Å². The predicted octanol–water partition coefficient (Wildman–Crippen LogP) is 3.40. The molecule has 1 fully saturated rings. The molecule has 0 spiro atoms. The second-order valence-corrected chi connectivity index (χ2v) is 4.85. The van der Waals surface area contributed by atoms with Crippen LogP contribution in [0.1, 0.15) is 36.6 Å². The lowest BCUT2D eigenvalue weighted by atomic mass is 9.96. The van der Waals surface area contributed by atoms with Crippen LogP contribution in [0.3, 0.4) is 0 Å². The third-order valence-corrected chi connectivity index (χ3v) is 3.62. The first kappa shape index (κ1) is 11.5. The van der Waals surface area contributed by atoms with Gasteiger partial charge in [0.2, 0.25) is 0 Å². The van der Waals surface area contributed by atoms with Gasteiger partial charge in [-0.25, -0.2) is 0 Å². The van der Waals surface area contributed by atoms with Gasteiger partial charge in [-0.1, -0.05) is 12.5 Å². The first-order valence-corrected chi connectivity index (χ1v) is 6.60. The van der Waals surface area contributed by atoms with Crippen LogP contribution in [0, 0.1) is 0 Å². The highest BCUT2D eigenvalue weighted by Crippen LogP contribution is 2.31. The number of furan rings is 1. The summed E-state index contributed by atoms with van der Waals surface area (Å²) in [5.41, 5.74) is 1.32. The lowest BCUT2D eigenvalue weighted by Gasteiger charge is -2.35. The Balaban J connectivity index is 1.78. The predicted molar refractivity (Wildman–Crippen MR) is 69.9 cm³/mol. The first-order valence-electron chi connectivity index (χ1n) is 6.60. The molecule has 18 heavy (non-hydrogen) atoms. The highest BCUT2D eigenvalue weighted by atomic mass is 16.3. The molecular weight excluding hydrogens is 224 g/mol. The van der Waals surface area contributed by atoms with E-state index in [2.05, 4.69) is 22.0 Å². The van der Waals surface area contributed by atoms with Crippen LogP contribution in [0.25, 0.3) is 0 Å². The van der Waals surface area contributed by atoms with Crippen molar-refractivity contribution >= 4 is 0 Å². The van der Waals surface area contributed by atoms with Gasteiger partial charge < -0.3 is 4.42 Å². The van der Waals surface area contributed by atoms with Crippen LogP contribution in [0.5, 0.6) is 0 Å². The van der Waals surface area contributed by atoms with Gasteiger partial charge in [-0.2, -0.15) is 0 Å². The molecule has 0 amide bonds. The number of hydrogen-bond acceptors (Lipinski definition) is 3.